The molecule has 14 nitrogen and oxygen atoms in total. The Labute approximate surface area is 292 Å². The molecule has 5 atom stereocenters. The van der Waals surface area contributed by atoms with Crippen LogP contribution in [0.25, 0.3) is 11.1 Å². The summed E-state index contributed by atoms with van der Waals surface area (Å²) in [5.74, 6) is -3.96. The van der Waals surface area contributed by atoms with Gasteiger partial charge in [-0.05, 0) is 108 Å². The van der Waals surface area contributed by atoms with Gasteiger partial charge in [0, 0.05) is 10.6 Å². The van der Waals surface area contributed by atoms with Crippen molar-refractivity contribution < 1.29 is 34.0 Å². The summed E-state index contributed by atoms with van der Waals surface area (Å²) in [4.78, 5) is 65.2. The fraction of sp³-hybridized carbons (Fsp3) is 0.485. The molecule has 49 heavy (non-hydrogen) atoms. The highest BCUT2D eigenvalue weighted by Crippen LogP contribution is 2.22. The fourth-order valence-electron chi connectivity index (χ4n) is 4.70. The number of rotatable bonds is 20. The van der Waals surface area contributed by atoms with Crippen molar-refractivity contribution in [1.29, 1.82) is 0 Å². The number of benzene rings is 2. The molecular formula is C33H49BClN7O7. The van der Waals surface area contributed by atoms with E-state index in [0.29, 0.717) is 49.4 Å². The summed E-state index contributed by atoms with van der Waals surface area (Å²) < 4.78 is 0. The predicted molar refractivity (Wildman–Crippen MR) is 189 cm³/mol. The molecule has 0 aliphatic carbocycles. The fourth-order valence-corrected chi connectivity index (χ4v) is 4.83. The minimum Gasteiger partial charge on any atom is -0.426 e. The van der Waals surface area contributed by atoms with Crippen LogP contribution in [0, 0.1) is 0 Å². The van der Waals surface area contributed by atoms with Gasteiger partial charge >= 0.3 is 7.12 Å². The summed E-state index contributed by atoms with van der Waals surface area (Å²) in [7, 11) is -1.78. The Balaban J connectivity index is 2.11. The molecule has 0 aliphatic heterocycles. The first kappa shape index (κ1) is 41.2. The Hall–Kier alpha value is -4.02. The van der Waals surface area contributed by atoms with Crippen LogP contribution in [0.2, 0.25) is 5.02 Å². The monoisotopic (exact) mass is 701 g/mol. The van der Waals surface area contributed by atoms with E-state index in [2.05, 4.69) is 26.6 Å². The van der Waals surface area contributed by atoms with Crippen molar-refractivity contribution in [3.05, 3.63) is 59.1 Å². The molecule has 2 aromatic rings. The molecule has 2 aromatic carbocycles. The smallest absolute Gasteiger partial charge is 0.426 e. The van der Waals surface area contributed by atoms with Gasteiger partial charge in [-0.2, -0.15) is 0 Å². The lowest BCUT2D eigenvalue weighted by molar-refractivity contribution is -0.133. The summed E-state index contributed by atoms with van der Waals surface area (Å²) in [5, 5.41) is 31.9. The summed E-state index contributed by atoms with van der Waals surface area (Å²) in [6.07, 6.45) is 2.77. The lowest BCUT2D eigenvalue weighted by Gasteiger charge is -2.25. The van der Waals surface area contributed by atoms with Crippen LogP contribution in [0.4, 0.5) is 0 Å². The maximum absolute atomic E-state index is 13.6. The molecule has 0 aromatic heterocycles. The number of halogens is 1. The molecule has 0 radical (unpaired) electrons. The van der Waals surface area contributed by atoms with Crippen LogP contribution in [0.5, 0.6) is 0 Å². The van der Waals surface area contributed by atoms with E-state index in [9.17, 15) is 34.0 Å². The number of carbonyl (C=O) groups is 5. The second-order valence-corrected chi connectivity index (χ2v) is 12.3. The minimum absolute atomic E-state index is 0.221. The highest BCUT2D eigenvalue weighted by atomic mass is 35.5. The average Bonchev–Trinajstić information content (AvgIpc) is 3.07. The quantitative estimate of drug-likeness (QED) is 0.0684. The average molecular weight is 702 g/mol. The largest absolute Gasteiger partial charge is 0.475 e. The van der Waals surface area contributed by atoms with Crippen molar-refractivity contribution >= 4 is 48.3 Å². The summed E-state index contributed by atoms with van der Waals surface area (Å²) in [6.45, 7) is 4.99. The number of carbonyl (C=O) groups excluding carboxylic acids is 5. The Morgan fingerprint density at radius 1 is 0.633 bits per heavy atom. The molecular weight excluding hydrogens is 653 g/mol. The van der Waals surface area contributed by atoms with Crippen LogP contribution in [0.3, 0.4) is 0 Å². The molecule has 2 rings (SSSR count). The number of hydrogen-bond donors (Lipinski definition) is 9. The van der Waals surface area contributed by atoms with Crippen LogP contribution < -0.4 is 38.1 Å². The van der Waals surface area contributed by atoms with E-state index in [4.69, 9.17) is 23.1 Å². The molecule has 0 bridgehead atoms. The van der Waals surface area contributed by atoms with E-state index >= 15 is 0 Å². The van der Waals surface area contributed by atoms with Gasteiger partial charge in [0.1, 0.15) is 24.2 Å². The maximum atomic E-state index is 13.6. The van der Waals surface area contributed by atoms with Crippen LogP contribution in [0.1, 0.15) is 69.7 Å². The number of hydrogen-bond acceptors (Lipinski definition) is 9. The van der Waals surface area contributed by atoms with Gasteiger partial charge in [0.15, 0.2) is 0 Å². The second kappa shape index (κ2) is 21.2. The van der Waals surface area contributed by atoms with Gasteiger partial charge in [-0.25, -0.2) is 0 Å². The summed E-state index contributed by atoms with van der Waals surface area (Å²) in [5.41, 5.74) is 13.5. The molecule has 0 fully saturated rings. The van der Waals surface area contributed by atoms with E-state index in [1.165, 1.54) is 20.8 Å². The van der Waals surface area contributed by atoms with Gasteiger partial charge in [0.25, 0.3) is 5.91 Å². The summed E-state index contributed by atoms with van der Waals surface area (Å²) >= 11 is 5.99. The van der Waals surface area contributed by atoms with Crippen LogP contribution in [0.15, 0.2) is 48.5 Å². The molecule has 0 saturated carbocycles. The van der Waals surface area contributed by atoms with E-state index in [1.54, 1.807) is 36.4 Å². The molecule has 5 amide bonds. The molecule has 11 N–H and O–H groups in total. The minimum atomic E-state index is -1.78. The second-order valence-electron chi connectivity index (χ2n) is 11.9. The van der Waals surface area contributed by atoms with Crippen LogP contribution >= 0.6 is 11.6 Å². The zero-order valence-electron chi connectivity index (χ0n) is 28.2. The normalized spacial score (nSPS) is 14.0. The lowest BCUT2D eigenvalue weighted by atomic mass is 9.81. The van der Waals surface area contributed by atoms with Crippen molar-refractivity contribution in [2.45, 2.75) is 89.4 Å². The Morgan fingerprint density at radius 2 is 1.06 bits per heavy atom. The highest BCUT2D eigenvalue weighted by Gasteiger charge is 2.30. The van der Waals surface area contributed by atoms with Crippen molar-refractivity contribution in [2.75, 3.05) is 13.1 Å². The van der Waals surface area contributed by atoms with Crippen molar-refractivity contribution in [2.24, 2.45) is 11.5 Å². The van der Waals surface area contributed by atoms with Gasteiger partial charge in [-0.15, -0.1) is 0 Å². The Kier molecular flexibility index (Phi) is 17.8. The van der Waals surface area contributed by atoms with Gasteiger partial charge in [0.05, 0.1) is 5.94 Å². The van der Waals surface area contributed by atoms with Crippen molar-refractivity contribution in [3.63, 3.8) is 0 Å². The standard InChI is InChI=1S/C33H49BClN7O7/c1-20(29(43)38-21(2)30(44)40-22(3)34(48)49)39-32(46)27(8-4-6-18-36)42-33(47)28(9-5-7-19-37)41-31(45)25-12-10-23(11-13-25)24-14-16-26(35)17-15-24/h10-17,20-22,27-28,48-49H,4-9,18-19,36-37H2,1-3H3,(H,38,43)(H,39,46)(H,40,44)(H,41,45)(H,42,47)/t20-,21-,22-,27?,28-/m0/s1. The maximum Gasteiger partial charge on any atom is 0.475 e. The van der Waals surface area contributed by atoms with Gasteiger partial charge in [-0.3, -0.25) is 24.0 Å². The molecule has 0 heterocycles. The van der Waals surface area contributed by atoms with E-state index in [-0.39, 0.29) is 12.8 Å². The molecule has 1 unspecified atom stereocenters. The van der Waals surface area contributed by atoms with Crippen LogP contribution in [-0.4, -0.2) is 89.9 Å². The molecule has 0 aliphatic rings. The first-order valence-corrected chi connectivity index (χ1v) is 16.8. The molecule has 0 spiro atoms. The number of unbranched alkanes of at least 4 members (excludes halogenated alkanes) is 2. The highest BCUT2D eigenvalue weighted by molar-refractivity contribution is 6.43. The Morgan fingerprint density at radius 3 is 1.55 bits per heavy atom. The van der Waals surface area contributed by atoms with Gasteiger partial charge in [0.2, 0.25) is 23.6 Å². The number of amides is 5. The van der Waals surface area contributed by atoms with Gasteiger partial charge < -0.3 is 48.1 Å². The predicted octanol–water partition coefficient (Wildman–Crippen LogP) is 0.374. The third kappa shape index (κ3) is 14.2. The molecule has 16 heteroatoms. The van der Waals surface area contributed by atoms with E-state index in [1.807, 2.05) is 12.1 Å². The Bertz CT molecular complexity index is 1380. The van der Waals surface area contributed by atoms with Gasteiger partial charge in [-0.1, -0.05) is 35.9 Å². The first-order valence-electron chi connectivity index (χ1n) is 16.4. The SMILES string of the molecule is C[C@H](NC(=O)[C@H](C)NC(=O)[C@H](C)NC(=O)C(CCCCN)NC(=O)[C@H](CCCCN)NC(=O)c1ccc(-c2ccc(Cl)cc2)cc1)B(O)O. The van der Waals surface area contributed by atoms with Crippen LogP contribution in [-0.2, 0) is 19.2 Å². The van der Waals surface area contributed by atoms with E-state index < -0.39 is 66.8 Å². The molecule has 268 valence electrons. The first-order chi connectivity index (χ1) is 23.3. The number of nitrogens with two attached hydrogens (primary N) is 2. The molecule has 0 saturated heterocycles. The number of nitrogens with one attached hydrogen (secondary N) is 5. The van der Waals surface area contributed by atoms with E-state index in [0.717, 1.165) is 11.1 Å². The third-order valence-corrected chi connectivity index (χ3v) is 8.05. The third-order valence-electron chi connectivity index (χ3n) is 7.79. The topological polar surface area (TPSA) is 238 Å². The zero-order chi connectivity index (χ0) is 36.5. The zero-order valence-corrected chi connectivity index (χ0v) is 29.0. The summed E-state index contributed by atoms with van der Waals surface area (Å²) in [6, 6.07) is 10.0. The lowest BCUT2D eigenvalue weighted by Crippen LogP contribution is -2.58. The van der Waals surface area contributed by atoms with Crippen molar-refractivity contribution in [1.82, 2.24) is 26.6 Å². The van der Waals surface area contributed by atoms with Crippen molar-refractivity contribution in [3.8, 4) is 11.1 Å².